The van der Waals surface area contributed by atoms with Gasteiger partial charge in [0, 0.05) is 18.2 Å². The zero-order chi connectivity index (χ0) is 19.3. The number of hydrogen-bond acceptors (Lipinski definition) is 6. The summed E-state index contributed by atoms with van der Waals surface area (Å²) in [5.41, 5.74) is 0.691. The number of halogens is 1. The summed E-state index contributed by atoms with van der Waals surface area (Å²) in [5, 5.41) is -0.00755. The van der Waals surface area contributed by atoms with Crippen molar-refractivity contribution in [1.82, 2.24) is 4.72 Å². The summed E-state index contributed by atoms with van der Waals surface area (Å²) in [5.74, 6) is 0.402. The Kier molecular flexibility index (Phi) is 6.47. The number of esters is 1. The summed E-state index contributed by atoms with van der Waals surface area (Å²) in [7, 11) is 0.234. The number of carbonyl (C=O) groups is 1. The predicted molar refractivity (Wildman–Crippen MR) is 96.4 cm³/mol. The van der Waals surface area contributed by atoms with Crippen molar-refractivity contribution in [2.24, 2.45) is 0 Å². The molecular weight excluding hydrogens is 382 g/mol. The number of ether oxygens (including phenoxy) is 3. The molecule has 1 N–H and O–H groups in total. The molecule has 0 spiro atoms. The molecule has 0 aliphatic rings. The Bertz CT molecular complexity index is 913. The Morgan fingerprint density at radius 2 is 1.81 bits per heavy atom. The fourth-order valence-electron chi connectivity index (χ4n) is 2.20. The van der Waals surface area contributed by atoms with Crippen LogP contribution in [0.2, 0.25) is 5.02 Å². The van der Waals surface area contributed by atoms with Crippen LogP contribution < -0.4 is 14.2 Å². The molecule has 2 aromatic rings. The Morgan fingerprint density at radius 3 is 2.42 bits per heavy atom. The van der Waals surface area contributed by atoms with Crippen molar-refractivity contribution in [3.63, 3.8) is 0 Å². The Labute approximate surface area is 156 Å². The lowest BCUT2D eigenvalue weighted by Crippen LogP contribution is -2.24. The first-order valence-electron chi connectivity index (χ1n) is 7.40. The summed E-state index contributed by atoms with van der Waals surface area (Å²) >= 11 is 6.00. The predicted octanol–water partition coefficient (Wildman–Crippen LogP) is 2.62. The van der Waals surface area contributed by atoms with Crippen molar-refractivity contribution in [1.29, 1.82) is 0 Å². The van der Waals surface area contributed by atoms with E-state index in [9.17, 15) is 13.2 Å². The zero-order valence-electron chi connectivity index (χ0n) is 14.4. The first kappa shape index (κ1) is 20.0. The van der Waals surface area contributed by atoms with Gasteiger partial charge in [-0.15, -0.1) is 0 Å². The molecule has 0 aliphatic heterocycles. The fraction of sp³-hybridized carbons (Fsp3) is 0.235. The van der Waals surface area contributed by atoms with E-state index < -0.39 is 16.0 Å². The van der Waals surface area contributed by atoms with E-state index in [4.69, 9.17) is 21.1 Å². The first-order valence-corrected chi connectivity index (χ1v) is 9.27. The van der Waals surface area contributed by atoms with Gasteiger partial charge in [0.05, 0.1) is 31.9 Å². The van der Waals surface area contributed by atoms with Gasteiger partial charge in [-0.2, -0.15) is 0 Å². The molecule has 26 heavy (non-hydrogen) atoms. The molecule has 0 saturated heterocycles. The molecule has 0 amide bonds. The zero-order valence-corrected chi connectivity index (χ0v) is 16.0. The number of carbonyl (C=O) groups excluding carboxylic acids is 1. The van der Waals surface area contributed by atoms with Gasteiger partial charge in [-0.1, -0.05) is 17.7 Å². The van der Waals surface area contributed by atoms with Gasteiger partial charge in [0.15, 0.2) is 0 Å². The van der Waals surface area contributed by atoms with Gasteiger partial charge in [0.25, 0.3) is 0 Å². The van der Waals surface area contributed by atoms with Crippen molar-refractivity contribution >= 4 is 27.6 Å². The minimum absolute atomic E-state index is 0.00755. The van der Waals surface area contributed by atoms with E-state index in [0.29, 0.717) is 17.1 Å². The quantitative estimate of drug-likeness (QED) is 0.720. The lowest BCUT2D eigenvalue weighted by molar-refractivity contribution is 0.0600. The van der Waals surface area contributed by atoms with Crippen molar-refractivity contribution in [3.8, 4) is 11.5 Å². The molecule has 0 atom stereocenters. The van der Waals surface area contributed by atoms with Crippen LogP contribution in [0.5, 0.6) is 11.5 Å². The third-order valence-electron chi connectivity index (χ3n) is 3.59. The molecule has 0 fully saturated rings. The van der Waals surface area contributed by atoms with Gasteiger partial charge < -0.3 is 14.2 Å². The highest BCUT2D eigenvalue weighted by molar-refractivity contribution is 7.89. The Hall–Kier alpha value is -2.29. The molecule has 0 saturated carbocycles. The fourth-order valence-corrected chi connectivity index (χ4v) is 3.73. The molecule has 0 bridgehead atoms. The van der Waals surface area contributed by atoms with E-state index in [2.05, 4.69) is 9.46 Å². The van der Waals surface area contributed by atoms with Crippen LogP contribution in [-0.4, -0.2) is 35.7 Å². The number of benzene rings is 2. The molecular formula is C17H18ClNO6S. The van der Waals surface area contributed by atoms with Crippen LogP contribution in [0, 0.1) is 0 Å². The number of hydrogen-bond donors (Lipinski definition) is 1. The van der Waals surface area contributed by atoms with E-state index in [1.165, 1.54) is 39.5 Å². The lowest BCUT2D eigenvalue weighted by Gasteiger charge is -2.13. The van der Waals surface area contributed by atoms with Crippen LogP contribution in [0.4, 0.5) is 0 Å². The minimum atomic E-state index is -3.97. The molecule has 2 aromatic carbocycles. The average Bonchev–Trinajstić information content (AvgIpc) is 2.65. The third-order valence-corrected chi connectivity index (χ3v) is 5.47. The molecule has 140 valence electrons. The smallest absolute Gasteiger partial charge is 0.337 e. The van der Waals surface area contributed by atoms with Crippen LogP contribution in [0.3, 0.4) is 0 Å². The van der Waals surface area contributed by atoms with Crippen LogP contribution >= 0.6 is 11.6 Å². The molecule has 2 rings (SSSR count). The Balaban J connectivity index is 2.28. The summed E-state index contributed by atoms with van der Waals surface area (Å²) in [6.07, 6.45) is 0. The van der Waals surface area contributed by atoms with E-state index in [1.807, 2.05) is 0 Å². The van der Waals surface area contributed by atoms with Crippen LogP contribution in [0.15, 0.2) is 41.3 Å². The van der Waals surface area contributed by atoms with Gasteiger partial charge in [-0.3, -0.25) is 0 Å². The first-order chi connectivity index (χ1) is 12.3. The second kappa shape index (κ2) is 8.39. The molecule has 7 nitrogen and oxygen atoms in total. The summed E-state index contributed by atoms with van der Waals surface area (Å²) in [4.78, 5) is 11.4. The number of sulfonamides is 1. The molecule has 9 heteroatoms. The van der Waals surface area contributed by atoms with E-state index in [0.717, 1.165) is 0 Å². The highest BCUT2D eigenvalue weighted by Crippen LogP contribution is 2.26. The van der Waals surface area contributed by atoms with Gasteiger partial charge in [0.1, 0.15) is 16.4 Å². The second-order valence-electron chi connectivity index (χ2n) is 5.14. The molecule has 0 aliphatic carbocycles. The van der Waals surface area contributed by atoms with E-state index in [-0.39, 0.29) is 22.0 Å². The Morgan fingerprint density at radius 1 is 1.08 bits per heavy atom. The van der Waals surface area contributed by atoms with Crippen molar-refractivity contribution in [2.75, 3.05) is 21.3 Å². The average molecular weight is 400 g/mol. The standard InChI is InChI=1S/C17H18ClNO6S/c1-23-13-6-4-12(15(9-13)24-2)10-19-26(21,22)16-8-11(17(20)25-3)5-7-14(16)18/h4-9,19H,10H2,1-3H3. The van der Waals surface area contributed by atoms with Crippen molar-refractivity contribution in [3.05, 3.63) is 52.5 Å². The van der Waals surface area contributed by atoms with Gasteiger partial charge in [-0.25, -0.2) is 17.9 Å². The SMILES string of the molecule is COC(=O)c1ccc(Cl)c(S(=O)(=O)NCc2ccc(OC)cc2OC)c1. The van der Waals surface area contributed by atoms with Crippen LogP contribution in [0.25, 0.3) is 0 Å². The summed E-state index contributed by atoms with van der Waals surface area (Å²) in [6.45, 7) is -0.0335. The van der Waals surface area contributed by atoms with Crippen molar-refractivity contribution < 1.29 is 27.4 Å². The van der Waals surface area contributed by atoms with Crippen molar-refractivity contribution in [2.45, 2.75) is 11.4 Å². The molecule has 0 radical (unpaired) electrons. The second-order valence-corrected chi connectivity index (χ2v) is 7.28. The topological polar surface area (TPSA) is 90.9 Å². The van der Waals surface area contributed by atoms with Crippen LogP contribution in [0.1, 0.15) is 15.9 Å². The highest BCUT2D eigenvalue weighted by Gasteiger charge is 2.21. The lowest BCUT2D eigenvalue weighted by atomic mass is 10.2. The monoisotopic (exact) mass is 399 g/mol. The van der Waals surface area contributed by atoms with Crippen LogP contribution in [-0.2, 0) is 21.3 Å². The minimum Gasteiger partial charge on any atom is -0.497 e. The maximum atomic E-state index is 12.6. The maximum absolute atomic E-state index is 12.6. The van der Waals surface area contributed by atoms with E-state index >= 15 is 0 Å². The largest absolute Gasteiger partial charge is 0.497 e. The highest BCUT2D eigenvalue weighted by atomic mass is 35.5. The number of rotatable bonds is 7. The van der Waals surface area contributed by atoms with Gasteiger partial charge >= 0.3 is 5.97 Å². The van der Waals surface area contributed by atoms with Gasteiger partial charge in [-0.05, 0) is 24.3 Å². The molecule has 0 unspecified atom stereocenters. The summed E-state index contributed by atoms with van der Waals surface area (Å²) < 4.78 is 42.6. The van der Waals surface area contributed by atoms with Gasteiger partial charge in [0.2, 0.25) is 10.0 Å². The third kappa shape index (κ3) is 4.46. The molecule has 0 aromatic heterocycles. The maximum Gasteiger partial charge on any atom is 0.337 e. The molecule has 0 heterocycles. The van der Waals surface area contributed by atoms with E-state index in [1.54, 1.807) is 18.2 Å². The normalized spacial score (nSPS) is 11.1. The number of nitrogens with one attached hydrogen (secondary N) is 1. The summed E-state index contributed by atoms with van der Waals surface area (Å²) in [6, 6.07) is 8.91. The number of methoxy groups -OCH3 is 3.